The van der Waals surface area contributed by atoms with Crippen molar-refractivity contribution < 1.29 is 4.39 Å². The normalized spacial score (nSPS) is 16.5. The average Bonchev–Trinajstić information content (AvgIpc) is 2.59. The van der Waals surface area contributed by atoms with Crippen LogP contribution >= 0.6 is 11.6 Å². The van der Waals surface area contributed by atoms with Gasteiger partial charge in [-0.15, -0.1) is 0 Å². The van der Waals surface area contributed by atoms with E-state index in [-0.39, 0.29) is 5.82 Å². The molecule has 1 aliphatic heterocycles. The van der Waals surface area contributed by atoms with Gasteiger partial charge in [-0.1, -0.05) is 41.9 Å². The highest BCUT2D eigenvalue weighted by Gasteiger charge is 2.16. The van der Waals surface area contributed by atoms with Crippen molar-refractivity contribution in [2.45, 2.75) is 13.5 Å². The van der Waals surface area contributed by atoms with Gasteiger partial charge in [0.1, 0.15) is 5.82 Å². The predicted octanol–water partition coefficient (Wildman–Crippen LogP) is 4.02. The SMILES string of the molecule is CC(=NN1CCN(Cc2ccccc2Cl)CC1)c1ccc(F)cc1. The number of nitrogens with zero attached hydrogens (tertiary/aromatic N) is 3. The summed E-state index contributed by atoms with van der Waals surface area (Å²) in [5.74, 6) is -0.222. The van der Waals surface area contributed by atoms with Crippen LogP contribution < -0.4 is 0 Å². The molecule has 2 aromatic carbocycles. The van der Waals surface area contributed by atoms with Gasteiger partial charge < -0.3 is 0 Å². The van der Waals surface area contributed by atoms with Crippen molar-refractivity contribution in [1.82, 2.24) is 9.91 Å². The molecule has 5 heteroatoms. The van der Waals surface area contributed by atoms with E-state index in [4.69, 9.17) is 11.6 Å². The number of benzene rings is 2. The summed E-state index contributed by atoms with van der Waals surface area (Å²) in [6.45, 7) is 6.49. The van der Waals surface area contributed by atoms with E-state index in [0.717, 1.165) is 49.0 Å². The molecule has 2 aromatic rings. The first-order chi connectivity index (χ1) is 11.6. The van der Waals surface area contributed by atoms with Gasteiger partial charge in [0, 0.05) is 37.7 Å². The Labute approximate surface area is 147 Å². The van der Waals surface area contributed by atoms with Crippen molar-refractivity contribution in [2.75, 3.05) is 26.2 Å². The zero-order valence-corrected chi connectivity index (χ0v) is 14.5. The Morgan fingerprint density at radius 1 is 1.04 bits per heavy atom. The summed E-state index contributed by atoms with van der Waals surface area (Å²) < 4.78 is 13.0. The van der Waals surface area contributed by atoms with Crippen LogP contribution in [-0.2, 0) is 6.54 Å². The fraction of sp³-hybridized carbons (Fsp3) is 0.316. The van der Waals surface area contributed by atoms with E-state index in [1.165, 1.54) is 17.7 Å². The van der Waals surface area contributed by atoms with Crippen molar-refractivity contribution in [1.29, 1.82) is 0 Å². The highest BCUT2D eigenvalue weighted by Crippen LogP contribution is 2.18. The molecule has 126 valence electrons. The third-order valence-electron chi connectivity index (χ3n) is 4.25. The summed E-state index contributed by atoms with van der Waals surface area (Å²) in [7, 11) is 0. The fourth-order valence-corrected chi connectivity index (χ4v) is 3.02. The number of hydrogen-bond donors (Lipinski definition) is 0. The molecular weight excluding hydrogens is 325 g/mol. The molecule has 0 saturated carbocycles. The molecule has 1 fully saturated rings. The van der Waals surface area contributed by atoms with Gasteiger partial charge in [-0.25, -0.2) is 4.39 Å². The van der Waals surface area contributed by atoms with Crippen LogP contribution in [0.4, 0.5) is 4.39 Å². The third kappa shape index (κ3) is 4.34. The van der Waals surface area contributed by atoms with Crippen LogP contribution in [0.1, 0.15) is 18.1 Å². The molecule has 0 unspecified atom stereocenters. The Balaban J connectivity index is 1.56. The second-order valence-corrected chi connectivity index (χ2v) is 6.42. The monoisotopic (exact) mass is 345 g/mol. The van der Waals surface area contributed by atoms with Crippen LogP contribution in [0.25, 0.3) is 0 Å². The van der Waals surface area contributed by atoms with E-state index < -0.39 is 0 Å². The van der Waals surface area contributed by atoms with Crippen molar-refractivity contribution in [3.8, 4) is 0 Å². The molecule has 0 atom stereocenters. The molecule has 0 bridgehead atoms. The maximum atomic E-state index is 13.0. The second-order valence-electron chi connectivity index (χ2n) is 6.01. The molecule has 1 aliphatic rings. The van der Waals surface area contributed by atoms with E-state index in [1.54, 1.807) is 12.1 Å². The van der Waals surface area contributed by atoms with Crippen LogP contribution in [0.5, 0.6) is 0 Å². The molecule has 0 aromatic heterocycles. The lowest BCUT2D eigenvalue weighted by atomic mass is 10.1. The van der Waals surface area contributed by atoms with E-state index >= 15 is 0 Å². The van der Waals surface area contributed by atoms with Gasteiger partial charge >= 0.3 is 0 Å². The molecule has 0 spiro atoms. The Hall–Kier alpha value is -1.91. The van der Waals surface area contributed by atoms with E-state index in [2.05, 4.69) is 21.1 Å². The lowest BCUT2D eigenvalue weighted by molar-refractivity contribution is 0.130. The van der Waals surface area contributed by atoms with Crippen LogP contribution in [-0.4, -0.2) is 41.8 Å². The molecule has 0 N–H and O–H groups in total. The summed E-state index contributed by atoms with van der Waals surface area (Å²) in [6.07, 6.45) is 0. The maximum Gasteiger partial charge on any atom is 0.123 e. The van der Waals surface area contributed by atoms with Gasteiger partial charge in [0.15, 0.2) is 0 Å². The summed E-state index contributed by atoms with van der Waals surface area (Å²) in [5, 5.41) is 7.58. The maximum absolute atomic E-state index is 13.0. The minimum absolute atomic E-state index is 0.222. The lowest BCUT2D eigenvalue weighted by Gasteiger charge is -2.33. The summed E-state index contributed by atoms with van der Waals surface area (Å²) in [4.78, 5) is 2.39. The topological polar surface area (TPSA) is 18.8 Å². The van der Waals surface area contributed by atoms with Gasteiger partial charge in [0.2, 0.25) is 0 Å². The predicted molar refractivity (Wildman–Crippen MR) is 96.9 cm³/mol. The number of hydrogen-bond acceptors (Lipinski definition) is 3. The summed E-state index contributed by atoms with van der Waals surface area (Å²) >= 11 is 6.23. The quantitative estimate of drug-likeness (QED) is 0.779. The standard InChI is InChI=1S/C19H21ClFN3/c1-15(16-6-8-18(21)9-7-16)22-24-12-10-23(11-13-24)14-17-4-2-3-5-19(17)20/h2-9H,10-14H2,1H3. The average molecular weight is 346 g/mol. The Morgan fingerprint density at radius 2 is 1.71 bits per heavy atom. The van der Waals surface area contributed by atoms with Crippen LogP contribution in [0.15, 0.2) is 53.6 Å². The highest BCUT2D eigenvalue weighted by molar-refractivity contribution is 6.31. The molecule has 3 rings (SSSR count). The minimum atomic E-state index is -0.222. The second kappa shape index (κ2) is 7.77. The van der Waals surface area contributed by atoms with E-state index in [9.17, 15) is 4.39 Å². The van der Waals surface area contributed by atoms with Gasteiger partial charge in [0.05, 0.1) is 5.71 Å². The zero-order chi connectivity index (χ0) is 16.9. The first-order valence-electron chi connectivity index (χ1n) is 8.13. The molecule has 1 heterocycles. The van der Waals surface area contributed by atoms with Crippen molar-refractivity contribution >= 4 is 17.3 Å². The Bertz CT molecular complexity index is 707. The van der Waals surface area contributed by atoms with Crippen molar-refractivity contribution in [2.24, 2.45) is 5.10 Å². The first-order valence-corrected chi connectivity index (χ1v) is 8.51. The number of halogens is 2. The van der Waals surface area contributed by atoms with Crippen LogP contribution in [0, 0.1) is 5.82 Å². The van der Waals surface area contributed by atoms with Crippen molar-refractivity contribution in [3.63, 3.8) is 0 Å². The van der Waals surface area contributed by atoms with Gasteiger partial charge in [-0.3, -0.25) is 9.91 Å². The summed E-state index contributed by atoms with van der Waals surface area (Å²) in [6, 6.07) is 14.5. The van der Waals surface area contributed by atoms with Gasteiger partial charge in [-0.05, 0) is 36.2 Å². The molecular formula is C19H21ClFN3. The van der Waals surface area contributed by atoms with Gasteiger partial charge in [0.25, 0.3) is 0 Å². The fourth-order valence-electron chi connectivity index (χ4n) is 2.82. The number of piperazine rings is 1. The molecule has 0 aliphatic carbocycles. The van der Waals surface area contributed by atoms with E-state index in [1.807, 2.05) is 25.1 Å². The molecule has 1 saturated heterocycles. The number of hydrazone groups is 1. The lowest BCUT2D eigenvalue weighted by Crippen LogP contribution is -2.43. The molecule has 24 heavy (non-hydrogen) atoms. The summed E-state index contributed by atoms with van der Waals surface area (Å²) in [5.41, 5.74) is 3.03. The smallest absolute Gasteiger partial charge is 0.123 e. The molecule has 3 nitrogen and oxygen atoms in total. The largest absolute Gasteiger partial charge is 0.295 e. The zero-order valence-electron chi connectivity index (χ0n) is 13.8. The minimum Gasteiger partial charge on any atom is -0.295 e. The first kappa shape index (κ1) is 16.9. The van der Waals surface area contributed by atoms with Crippen LogP contribution in [0.2, 0.25) is 5.02 Å². The Kier molecular flexibility index (Phi) is 5.48. The van der Waals surface area contributed by atoms with Crippen molar-refractivity contribution in [3.05, 3.63) is 70.5 Å². The van der Waals surface area contributed by atoms with Crippen LogP contribution in [0.3, 0.4) is 0 Å². The molecule has 0 radical (unpaired) electrons. The number of rotatable bonds is 4. The third-order valence-corrected chi connectivity index (χ3v) is 4.62. The Morgan fingerprint density at radius 3 is 2.38 bits per heavy atom. The van der Waals surface area contributed by atoms with E-state index in [0.29, 0.717) is 0 Å². The molecule has 0 amide bonds. The highest BCUT2D eigenvalue weighted by atomic mass is 35.5. The van der Waals surface area contributed by atoms with Gasteiger partial charge in [-0.2, -0.15) is 5.10 Å².